The summed E-state index contributed by atoms with van der Waals surface area (Å²) in [5.74, 6) is -2.29. The van der Waals surface area contributed by atoms with E-state index in [9.17, 15) is 8.78 Å². The fourth-order valence-electron chi connectivity index (χ4n) is 4.26. The second-order valence-electron chi connectivity index (χ2n) is 8.77. The summed E-state index contributed by atoms with van der Waals surface area (Å²) in [7, 11) is 0. The first-order valence-corrected chi connectivity index (χ1v) is 11.5. The third kappa shape index (κ3) is 6.75. The Kier molecular flexibility index (Phi) is 8.01. The summed E-state index contributed by atoms with van der Waals surface area (Å²) in [5.41, 5.74) is 6.90. The fourth-order valence-corrected chi connectivity index (χ4v) is 4.26. The molecule has 0 aliphatic carbocycles. The van der Waals surface area contributed by atoms with Crippen LogP contribution in [0.4, 0.5) is 8.78 Å². The third-order valence-corrected chi connectivity index (χ3v) is 6.15. The highest BCUT2D eigenvalue weighted by Gasteiger charge is 2.23. The van der Waals surface area contributed by atoms with Gasteiger partial charge in [0.25, 0.3) is 5.92 Å². The molecule has 0 radical (unpaired) electrons. The van der Waals surface area contributed by atoms with Crippen LogP contribution < -0.4 is 0 Å². The lowest BCUT2D eigenvalue weighted by molar-refractivity contribution is 0.0174. The van der Waals surface area contributed by atoms with Gasteiger partial charge in [-0.25, -0.2) is 8.78 Å². The summed E-state index contributed by atoms with van der Waals surface area (Å²) in [4.78, 5) is 0. The number of hydrogen-bond acceptors (Lipinski definition) is 0. The third-order valence-electron chi connectivity index (χ3n) is 6.15. The summed E-state index contributed by atoms with van der Waals surface area (Å²) >= 11 is 0. The van der Waals surface area contributed by atoms with Crippen molar-refractivity contribution in [1.29, 1.82) is 0 Å². The summed E-state index contributed by atoms with van der Waals surface area (Å²) in [6.45, 7) is 5.47. The van der Waals surface area contributed by atoms with Gasteiger partial charge in [-0.15, -0.1) is 0 Å². The molecule has 0 N–H and O–H groups in total. The van der Waals surface area contributed by atoms with Crippen LogP contribution in [0, 0.1) is 0 Å². The lowest BCUT2D eigenvalue weighted by Crippen LogP contribution is -2.06. The van der Waals surface area contributed by atoms with Crippen LogP contribution in [0.15, 0.2) is 72.8 Å². The first-order chi connectivity index (χ1) is 14.9. The monoisotopic (exact) mass is 420 g/mol. The SMILES string of the molecule is CCc1ccc(C(C)Cc2ccccc2)c(CCCCc2ccc(C(C)(F)F)cc2)c1. The van der Waals surface area contributed by atoms with Gasteiger partial charge >= 0.3 is 0 Å². The molecule has 0 saturated heterocycles. The Morgan fingerprint density at radius 3 is 2.06 bits per heavy atom. The van der Waals surface area contributed by atoms with E-state index in [4.69, 9.17) is 0 Å². The first-order valence-electron chi connectivity index (χ1n) is 11.5. The van der Waals surface area contributed by atoms with Gasteiger partial charge in [0, 0.05) is 12.5 Å². The Morgan fingerprint density at radius 1 is 0.774 bits per heavy atom. The molecule has 0 fully saturated rings. The van der Waals surface area contributed by atoms with Gasteiger partial charge in [0.15, 0.2) is 0 Å². The lowest BCUT2D eigenvalue weighted by Gasteiger charge is -2.18. The van der Waals surface area contributed by atoms with Gasteiger partial charge in [0.05, 0.1) is 0 Å². The van der Waals surface area contributed by atoms with Gasteiger partial charge in [-0.3, -0.25) is 0 Å². The van der Waals surface area contributed by atoms with Gasteiger partial charge in [-0.2, -0.15) is 0 Å². The Balaban J connectivity index is 1.61. The zero-order valence-corrected chi connectivity index (χ0v) is 19.0. The van der Waals surface area contributed by atoms with Crippen LogP contribution >= 0.6 is 0 Å². The van der Waals surface area contributed by atoms with Crippen LogP contribution in [-0.2, 0) is 31.6 Å². The highest BCUT2D eigenvalue weighted by Crippen LogP contribution is 2.28. The van der Waals surface area contributed by atoms with Gasteiger partial charge in [-0.1, -0.05) is 86.6 Å². The van der Waals surface area contributed by atoms with Crippen LogP contribution in [0.2, 0.25) is 0 Å². The molecule has 1 unspecified atom stereocenters. The first kappa shape index (κ1) is 23.2. The minimum atomic E-state index is -2.77. The van der Waals surface area contributed by atoms with E-state index in [2.05, 4.69) is 62.4 Å². The number of hydrogen-bond donors (Lipinski definition) is 0. The van der Waals surface area contributed by atoms with E-state index in [1.165, 1.54) is 22.3 Å². The zero-order valence-electron chi connectivity index (χ0n) is 19.0. The number of aryl methyl sites for hydroxylation is 3. The van der Waals surface area contributed by atoms with Crippen LogP contribution in [0.5, 0.6) is 0 Å². The van der Waals surface area contributed by atoms with Gasteiger partial charge in [0.1, 0.15) is 0 Å². The molecular formula is C29H34F2. The molecule has 0 saturated carbocycles. The Bertz CT molecular complexity index is 937. The van der Waals surface area contributed by atoms with Crippen LogP contribution in [0.3, 0.4) is 0 Å². The summed E-state index contributed by atoms with van der Waals surface area (Å²) in [6.07, 6.45) is 6.25. The van der Waals surface area contributed by atoms with Crippen molar-refractivity contribution in [3.8, 4) is 0 Å². The molecule has 0 spiro atoms. The molecule has 2 heteroatoms. The van der Waals surface area contributed by atoms with E-state index in [0.29, 0.717) is 5.92 Å². The second-order valence-corrected chi connectivity index (χ2v) is 8.77. The van der Waals surface area contributed by atoms with Crippen molar-refractivity contribution < 1.29 is 8.78 Å². The number of alkyl halides is 2. The van der Waals surface area contributed by atoms with Gasteiger partial charge < -0.3 is 0 Å². The highest BCUT2D eigenvalue weighted by molar-refractivity contribution is 5.36. The maximum atomic E-state index is 13.4. The molecular weight excluding hydrogens is 386 g/mol. The normalized spacial score (nSPS) is 12.7. The van der Waals surface area contributed by atoms with Crippen molar-refractivity contribution in [2.75, 3.05) is 0 Å². The fraction of sp³-hybridized carbons (Fsp3) is 0.379. The van der Waals surface area contributed by atoms with Gasteiger partial charge in [-0.05, 0) is 72.3 Å². The van der Waals surface area contributed by atoms with Crippen molar-refractivity contribution in [3.63, 3.8) is 0 Å². The standard InChI is InChI=1S/C29H34F2/c1-4-23-16-19-28(22(2)20-25-11-6-5-7-12-25)26(21-23)13-9-8-10-24-14-17-27(18-15-24)29(3,30)31/h5-7,11-12,14-19,21-22H,4,8-10,13,20H2,1-3H3. The maximum absolute atomic E-state index is 13.4. The van der Waals surface area contributed by atoms with Crippen molar-refractivity contribution in [2.24, 2.45) is 0 Å². The molecule has 3 aromatic rings. The number of benzene rings is 3. The van der Waals surface area contributed by atoms with Crippen LogP contribution in [-0.4, -0.2) is 0 Å². The molecule has 164 valence electrons. The van der Waals surface area contributed by atoms with Gasteiger partial charge in [0.2, 0.25) is 0 Å². The summed E-state index contributed by atoms with van der Waals surface area (Å²) in [5, 5.41) is 0. The molecule has 31 heavy (non-hydrogen) atoms. The quantitative estimate of drug-likeness (QED) is 0.290. The molecule has 0 heterocycles. The molecule has 3 aromatic carbocycles. The lowest BCUT2D eigenvalue weighted by atomic mass is 9.87. The summed E-state index contributed by atoms with van der Waals surface area (Å²) < 4.78 is 26.8. The number of halogens is 2. The highest BCUT2D eigenvalue weighted by atomic mass is 19.3. The van der Waals surface area contributed by atoms with Crippen molar-refractivity contribution in [3.05, 3.63) is 106 Å². The predicted molar refractivity (Wildman–Crippen MR) is 127 cm³/mol. The smallest absolute Gasteiger partial charge is 0.202 e. The van der Waals surface area contributed by atoms with E-state index >= 15 is 0 Å². The maximum Gasteiger partial charge on any atom is 0.270 e. The van der Waals surface area contributed by atoms with E-state index in [1.807, 2.05) is 12.1 Å². The minimum Gasteiger partial charge on any atom is -0.202 e. The number of rotatable bonds is 10. The van der Waals surface area contributed by atoms with E-state index in [0.717, 1.165) is 51.0 Å². The van der Waals surface area contributed by atoms with E-state index in [1.54, 1.807) is 12.1 Å². The van der Waals surface area contributed by atoms with E-state index in [-0.39, 0.29) is 5.56 Å². The van der Waals surface area contributed by atoms with Crippen LogP contribution in [0.25, 0.3) is 0 Å². The Morgan fingerprint density at radius 2 is 1.42 bits per heavy atom. The minimum absolute atomic E-state index is 0.0877. The van der Waals surface area contributed by atoms with Crippen molar-refractivity contribution in [2.45, 2.75) is 71.1 Å². The molecule has 3 rings (SSSR count). The molecule has 0 aliphatic heterocycles. The Hall–Kier alpha value is -2.48. The molecule has 0 aromatic heterocycles. The van der Waals surface area contributed by atoms with E-state index < -0.39 is 5.92 Å². The molecule has 0 amide bonds. The van der Waals surface area contributed by atoms with Crippen molar-refractivity contribution >= 4 is 0 Å². The molecule has 1 atom stereocenters. The molecule has 0 aliphatic rings. The summed E-state index contributed by atoms with van der Waals surface area (Å²) in [6, 6.07) is 24.5. The topological polar surface area (TPSA) is 0 Å². The largest absolute Gasteiger partial charge is 0.270 e. The molecule has 0 bridgehead atoms. The Labute approximate surface area is 186 Å². The molecule has 0 nitrogen and oxygen atoms in total. The van der Waals surface area contributed by atoms with Crippen LogP contribution in [0.1, 0.15) is 72.9 Å². The zero-order chi connectivity index (χ0) is 22.3. The average molecular weight is 421 g/mol. The number of unbranched alkanes of at least 4 members (excludes halogenated alkanes) is 1. The second kappa shape index (κ2) is 10.7. The van der Waals surface area contributed by atoms with Crippen molar-refractivity contribution in [1.82, 2.24) is 0 Å². The predicted octanol–water partition coefficient (Wildman–Crippen LogP) is 8.27. The average Bonchev–Trinajstić information content (AvgIpc) is 2.77.